The van der Waals surface area contributed by atoms with Crippen LogP contribution in [0.2, 0.25) is 0 Å². The first-order valence-electron chi connectivity index (χ1n) is 0. The fourth-order valence-corrected chi connectivity index (χ4v) is 0. The summed E-state index contributed by atoms with van der Waals surface area (Å²) in [6.07, 6.45) is 0. The van der Waals surface area contributed by atoms with Crippen molar-refractivity contribution in [1.29, 1.82) is 0 Å². The minimum Gasteiger partial charge on any atom is 0 e. The van der Waals surface area contributed by atoms with Crippen LogP contribution in [-0.2, 0) is 40.5 Å². The molecule has 5 heteroatoms. The van der Waals surface area contributed by atoms with E-state index in [2.05, 4.69) is 0 Å². The van der Waals surface area contributed by atoms with E-state index in [0.29, 0.717) is 0 Å². The van der Waals surface area contributed by atoms with Crippen LogP contribution in [-0.4, -0.2) is 34.7 Å². The first kappa shape index (κ1) is 35.9. The molecule has 0 aromatic rings. The van der Waals surface area contributed by atoms with Gasteiger partial charge in [0.25, 0.3) is 0 Å². The summed E-state index contributed by atoms with van der Waals surface area (Å²) in [5.41, 5.74) is 0. The van der Waals surface area contributed by atoms with Gasteiger partial charge in [-0.1, -0.05) is 0 Å². The molecule has 0 aromatic carbocycles. The molecule has 0 atom stereocenters. The van der Waals surface area contributed by atoms with Crippen molar-refractivity contribution in [2.45, 2.75) is 0 Å². The van der Waals surface area contributed by atoms with Crippen molar-refractivity contribution in [1.82, 2.24) is 0 Å². The summed E-state index contributed by atoms with van der Waals surface area (Å²) in [6.45, 7) is 0. The van der Waals surface area contributed by atoms with Crippen LogP contribution in [0, 0.1) is 0 Å². The number of rotatable bonds is 0. The molecule has 0 aliphatic carbocycles. The van der Waals surface area contributed by atoms with E-state index in [4.69, 9.17) is 0 Å². The maximum Gasteiger partial charge on any atom is 0 e. The normalized spacial score (nSPS) is 0. The molecule has 25 valence electrons. The predicted octanol–water partition coefficient (Wildman–Crippen LogP) is -4.99. The first-order chi connectivity index (χ1) is 0. The summed E-state index contributed by atoms with van der Waals surface area (Å²) in [5, 5.41) is 0. The standard InChI is InChI=1S/GeH4.K.Mo.HSe.Zn.H/h1H4;;;1H;;/q;+1;;;;-1. The van der Waals surface area contributed by atoms with E-state index in [0.717, 1.165) is 0 Å². The summed E-state index contributed by atoms with van der Waals surface area (Å²) in [6, 6.07) is 0. The maximum atomic E-state index is 0. The van der Waals surface area contributed by atoms with Crippen LogP contribution in [0.15, 0.2) is 0 Å². The van der Waals surface area contributed by atoms with E-state index in [9.17, 15) is 0 Å². The Bertz CT molecular complexity index is 15.5. The van der Waals surface area contributed by atoms with Crippen LogP contribution in [0.4, 0.5) is 0 Å². The third-order valence-electron chi connectivity index (χ3n) is 0. The Morgan fingerprint density at radius 2 is 1.20 bits per heavy atom. The van der Waals surface area contributed by atoms with Gasteiger partial charge in [0.15, 0.2) is 0 Å². The fourth-order valence-electron chi connectivity index (χ4n) is 0. The minimum absolute atomic E-state index is 0. The van der Waals surface area contributed by atoms with Gasteiger partial charge in [0.05, 0.1) is 0 Å². The van der Waals surface area contributed by atoms with Gasteiger partial charge in [0, 0.05) is 40.5 Å². The van der Waals surface area contributed by atoms with E-state index in [1.807, 2.05) is 0 Å². The fraction of sp³-hybridized carbons (Fsp3) is 0. The summed E-state index contributed by atoms with van der Waals surface area (Å²) in [5.74, 6) is 0. The average molecular weight is 358 g/mol. The largest absolute Gasteiger partial charge is 0 e. The van der Waals surface area contributed by atoms with Crippen LogP contribution in [0.5, 0.6) is 0 Å². The molecule has 0 N–H and O–H groups in total. The molecular formula is H6GeKMoSeZn. The van der Waals surface area contributed by atoms with Crippen molar-refractivity contribution >= 4 is 34.7 Å². The van der Waals surface area contributed by atoms with Crippen molar-refractivity contribution in [3.63, 3.8) is 0 Å². The second-order valence-corrected chi connectivity index (χ2v) is 0. The molecule has 0 spiro atoms. The van der Waals surface area contributed by atoms with Crippen molar-refractivity contribution in [3.8, 4) is 0 Å². The molecule has 0 unspecified atom stereocenters. The Kier molecular flexibility index (Phi) is 176. The van der Waals surface area contributed by atoms with Crippen LogP contribution in [0.3, 0.4) is 0 Å². The van der Waals surface area contributed by atoms with Crippen LogP contribution >= 0.6 is 0 Å². The van der Waals surface area contributed by atoms with E-state index in [1.165, 1.54) is 0 Å². The Morgan fingerprint density at radius 3 is 1.20 bits per heavy atom. The molecule has 0 nitrogen and oxygen atoms in total. The van der Waals surface area contributed by atoms with Gasteiger partial charge < -0.3 is 1.43 Å². The zero-order chi connectivity index (χ0) is 0. The second kappa shape index (κ2) is 24.5. The summed E-state index contributed by atoms with van der Waals surface area (Å²) < 4.78 is 0. The quantitative estimate of drug-likeness (QED) is 0.381. The smallest absolute Gasteiger partial charge is 0 e. The maximum absolute atomic E-state index is 0. The van der Waals surface area contributed by atoms with Crippen molar-refractivity contribution in [2.24, 2.45) is 0 Å². The molecule has 0 saturated carbocycles. The minimum atomic E-state index is 0. The average Bonchev–Trinajstić information content (AvgIpc) is 0. The number of hydrogen-bond donors (Lipinski definition) is 0. The molecule has 0 bridgehead atoms. The Balaban J connectivity index is 0. The molecule has 0 aromatic heterocycles. The van der Waals surface area contributed by atoms with Crippen LogP contribution < -0.4 is 51.4 Å². The Morgan fingerprint density at radius 1 is 1.20 bits per heavy atom. The molecule has 1 radical (unpaired) electrons. The molecule has 0 rings (SSSR count). The van der Waals surface area contributed by atoms with Gasteiger partial charge in [-0.3, -0.25) is 0 Å². The van der Waals surface area contributed by atoms with Crippen LogP contribution in [0.25, 0.3) is 0 Å². The van der Waals surface area contributed by atoms with Gasteiger partial charge in [0.1, 0.15) is 0 Å². The third kappa shape index (κ3) is 18.0. The molecule has 0 amide bonds. The molecule has 0 heterocycles. The van der Waals surface area contributed by atoms with Gasteiger partial charge in [-0.2, -0.15) is 0 Å². The van der Waals surface area contributed by atoms with Crippen LogP contribution in [0.1, 0.15) is 1.43 Å². The van der Waals surface area contributed by atoms with Gasteiger partial charge in [0.2, 0.25) is 0 Å². The zero-order valence-corrected chi connectivity index (χ0v) is 12.5. The van der Waals surface area contributed by atoms with Gasteiger partial charge in [-0.25, -0.2) is 0 Å². The van der Waals surface area contributed by atoms with E-state index < -0.39 is 0 Å². The molecule has 0 aliphatic heterocycles. The summed E-state index contributed by atoms with van der Waals surface area (Å²) >= 11 is 0. The zero-order valence-electron chi connectivity index (χ0n) is 3.56. The predicted molar refractivity (Wildman–Crippen MR) is 19.6 cm³/mol. The van der Waals surface area contributed by atoms with Gasteiger partial charge >= 0.3 is 86.0 Å². The Labute approximate surface area is 125 Å². The second-order valence-electron chi connectivity index (χ2n) is 0. The first-order valence-corrected chi connectivity index (χ1v) is 0. The summed E-state index contributed by atoms with van der Waals surface area (Å²) in [4.78, 5) is 0. The van der Waals surface area contributed by atoms with Crippen molar-refractivity contribution in [2.75, 3.05) is 0 Å². The number of hydrogen-bond acceptors (Lipinski definition) is 0. The summed E-state index contributed by atoms with van der Waals surface area (Å²) in [7, 11) is 0. The third-order valence-corrected chi connectivity index (χ3v) is 0. The Hall–Kier alpha value is 4.01. The molecule has 0 aliphatic rings. The topological polar surface area (TPSA) is 0 Å². The van der Waals surface area contributed by atoms with E-state index in [1.54, 1.807) is 0 Å². The SMILES string of the molecule is [GeH4].[H-].[K+].[Mo].[SeH].[Zn]. The van der Waals surface area contributed by atoms with Gasteiger partial charge in [-0.15, -0.1) is 0 Å². The van der Waals surface area contributed by atoms with E-state index in [-0.39, 0.29) is 128 Å². The molecular weight excluding hydrogens is 352 g/mol. The molecule has 0 saturated heterocycles. The van der Waals surface area contributed by atoms with E-state index >= 15 is 0 Å². The molecule has 5 heavy (non-hydrogen) atoms. The monoisotopic (exact) mass is 361 g/mol. The van der Waals surface area contributed by atoms with Crippen molar-refractivity contribution in [3.05, 3.63) is 0 Å². The van der Waals surface area contributed by atoms with Gasteiger partial charge in [-0.05, 0) is 0 Å². The molecule has 0 fully saturated rings. The van der Waals surface area contributed by atoms with Crippen molar-refractivity contribution < 1.29 is 93.4 Å².